The summed E-state index contributed by atoms with van der Waals surface area (Å²) >= 11 is 0. The van der Waals surface area contributed by atoms with E-state index in [1.165, 1.54) is 7.11 Å². The predicted molar refractivity (Wildman–Crippen MR) is 87.6 cm³/mol. The van der Waals surface area contributed by atoms with Gasteiger partial charge in [0.05, 0.1) is 18.8 Å². The minimum absolute atomic E-state index is 0.356. The van der Waals surface area contributed by atoms with Gasteiger partial charge in [0.1, 0.15) is 0 Å². The van der Waals surface area contributed by atoms with E-state index in [-0.39, 0.29) is 5.97 Å². The predicted octanol–water partition coefficient (Wildman–Crippen LogP) is 3.48. The molecule has 2 rings (SSSR count). The van der Waals surface area contributed by atoms with Crippen molar-refractivity contribution in [2.45, 2.75) is 18.9 Å². The summed E-state index contributed by atoms with van der Waals surface area (Å²) in [7, 11) is 1.37. The smallest absolute Gasteiger partial charge is 0.338 e. The maximum Gasteiger partial charge on any atom is 0.338 e. The topological polar surface area (TPSA) is 46.5 Å². The van der Waals surface area contributed by atoms with E-state index in [4.69, 9.17) is 4.74 Å². The Bertz CT molecular complexity index is 632. The molecule has 0 spiro atoms. The third kappa shape index (κ3) is 4.57. The highest BCUT2D eigenvalue weighted by Gasteiger charge is 2.08. The van der Waals surface area contributed by atoms with Crippen LogP contribution in [0.15, 0.2) is 60.7 Å². The van der Waals surface area contributed by atoms with Gasteiger partial charge in [0.15, 0.2) is 0 Å². The van der Waals surface area contributed by atoms with Gasteiger partial charge in [-0.25, -0.2) is 4.79 Å². The van der Waals surface area contributed by atoms with E-state index in [9.17, 15) is 9.90 Å². The Morgan fingerprint density at radius 3 is 2.55 bits per heavy atom. The van der Waals surface area contributed by atoms with Crippen molar-refractivity contribution >= 4 is 12.0 Å². The van der Waals surface area contributed by atoms with Crippen molar-refractivity contribution in [1.82, 2.24) is 0 Å². The van der Waals surface area contributed by atoms with Crippen LogP contribution >= 0.6 is 0 Å². The molecule has 0 heterocycles. The van der Waals surface area contributed by atoms with Crippen LogP contribution in [0.3, 0.4) is 0 Å². The number of aliphatic hydroxyl groups is 1. The number of aliphatic hydroxyl groups excluding tert-OH is 1. The SMILES string of the molecule is COC(=O)c1ccccc1/C=C/CC(O)Cc1ccccc1. The standard InChI is InChI=1S/C19H20O3/c1-22-19(21)18-13-6-5-10-16(18)11-7-12-17(20)14-15-8-3-2-4-9-15/h2-11,13,17,20H,12,14H2,1H3/b11-7+. The molecule has 1 atom stereocenters. The molecule has 0 saturated heterocycles. The number of rotatable bonds is 6. The van der Waals surface area contributed by atoms with Crippen LogP contribution in [-0.2, 0) is 11.2 Å². The Balaban J connectivity index is 1.96. The lowest BCUT2D eigenvalue weighted by molar-refractivity contribution is 0.0600. The fraction of sp³-hybridized carbons (Fsp3) is 0.211. The van der Waals surface area contributed by atoms with Crippen molar-refractivity contribution in [3.8, 4) is 0 Å². The second-order valence-corrected chi connectivity index (χ2v) is 5.06. The number of carbonyl (C=O) groups excluding carboxylic acids is 1. The van der Waals surface area contributed by atoms with Gasteiger partial charge in [0.25, 0.3) is 0 Å². The average molecular weight is 296 g/mol. The maximum absolute atomic E-state index is 11.7. The summed E-state index contributed by atoms with van der Waals surface area (Å²) in [5.74, 6) is -0.356. The van der Waals surface area contributed by atoms with Crippen LogP contribution in [-0.4, -0.2) is 24.3 Å². The molecule has 0 aliphatic heterocycles. The van der Waals surface area contributed by atoms with Crippen LogP contribution in [0.5, 0.6) is 0 Å². The van der Waals surface area contributed by atoms with Gasteiger partial charge in [-0.15, -0.1) is 0 Å². The molecule has 2 aromatic rings. The van der Waals surface area contributed by atoms with Crippen molar-refractivity contribution in [3.05, 3.63) is 77.4 Å². The van der Waals surface area contributed by atoms with Gasteiger partial charge in [0, 0.05) is 0 Å². The summed E-state index contributed by atoms with van der Waals surface area (Å²) in [6.45, 7) is 0. The average Bonchev–Trinajstić information content (AvgIpc) is 2.55. The quantitative estimate of drug-likeness (QED) is 0.830. The first-order chi connectivity index (χ1) is 10.7. The lowest BCUT2D eigenvalue weighted by atomic mass is 10.0. The molecule has 2 aromatic carbocycles. The Labute approximate surface area is 130 Å². The van der Waals surface area contributed by atoms with Crippen molar-refractivity contribution < 1.29 is 14.6 Å². The van der Waals surface area contributed by atoms with Crippen LogP contribution in [0.25, 0.3) is 6.08 Å². The highest BCUT2D eigenvalue weighted by atomic mass is 16.5. The van der Waals surface area contributed by atoms with Crippen LogP contribution in [0.2, 0.25) is 0 Å². The van der Waals surface area contributed by atoms with Gasteiger partial charge in [-0.1, -0.05) is 60.7 Å². The Kier molecular flexibility index (Phi) is 5.92. The normalized spacial score (nSPS) is 12.3. The molecule has 0 radical (unpaired) electrons. The van der Waals surface area contributed by atoms with Crippen molar-refractivity contribution in [3.63, 3.8) is 0 Å². The maximum atomic E-state index is 11.7. The van der Waals surface area contributed by atoms with Crippen LogP contribution in [0, 0.1) is 0 Å². The molecule has 0 aromatic heterocycles. The van der Waals surface area contributed by atoms with Crippen LogP contribution < -0.4 is 0 Å². The molecule has 1 N–H and O–H groups in total. The zero-order valence-electron chi connectivity index (χ0n) is 12.6. The summed E-state index contributed by atoms with van der Waals surface area (Å²) in [6, 6.07) is 17.1. The summed E-state index contributed by atoms with van der Waals surface area (Å²) in [5.41, 5.74) is 2.43. The second kappa shape index (κ2) is 8.15. The van der Waals surface area contributed by atoms with Crippen molar-refractivity contribution in [2.75, 3.05) is 7.11 Å². The zero-order valence-corrected chi connectivity index (χ0v) is 12.6. The molecule has 0 fully saturated rings. The molecule has 0 saturated carbocycles. The summed E-state index contributed by atoms with van der Waals surface area (Å²) < 4.78 is 4.76. The first-order valence-electron chi connectivity index (χ1n) is 7.26. The Hall–Kier alpha value is -2.39. The van der Waals surface area contributed by atoms with E-state index in [2.05, 4.69) is 0 Å². The third-order valence-corrected chi connectivity index (χ3v) is 3.39. The lowest BCUT2D eigenvalue weighted by Gasteiger charge is -2.08. The number of benzene rings is 2. The third-order valence-electron chi connectivity index (χ3n) is 3.39. The lowest BCUT2D eigenvalue weighted by Crippen LogP contribution is -2.08. The minimum Gasteiger partial charge on any atom is -0.465 e. The van der Waals surface area contributed by atoms with Gasteiger partial charge in [-0.2, -0.15) is 0 Å². The number of ether oxygens (including phenoxy) is 1. The number of esters is 1. The molecule has 0 bridgehead atoms. The molecule has 3 nitrogen and oxygen atoms in total. The summed E-state index contributed by atoms with van der Waals surface area (Å²) in [6.07, 6.45) is 4.44. The first-order valence-corrected chi connectivity index (χ1v) is 7.26. The van der Waals surface area contributed by atoms with Crippen LogP contribution in [0.1, 0.15) is 27.9 Å². The van der Waals surface area contributed by atoms with Gasteiger partial charge in [0.2, 0.25) is 0 Å². The number of hydrogen-bond acceptors (Lipinski definition) is 3. The Morgan fingerprint density at radius 2 is 1.82 bits per heavy atom. The molecule has 0 amide bonds. The molecule has 114 valence electrons. The van der Waals surface area contributed by atoms with Gasteiger partial charge in [-0.3, -0.25) is 0 Å². The minimum atomic E-state index is -0.441. The van der Waals surface area contributed by atoms with E-state index >= 15 is 0 Å². The molecule has 3 heteroatoms. The van der Waals surface area contributed by atoms with E-state index in [0.717, 1.165) is 11.1 Å². The van der Waals surface area contributed by atoms with Crippen molar-refractivity contribution in [2.24, 2.45) is 0 Å². The van der Waals surface area contributed by atoms with Gasteiger partial charge in [-0.05, 0) is 30.0 Å². The second-order valence-electron chi connectivity index (χ2n) is 5.06. The summed E-state index contributed by atoms with van der Waals surface area (Å²) in [4.78, 5) is 11.7. The zero-order chi connectivity index (χ0) is 15.8. The molecule has 1 unspecified atom stereocenters. The summed E-state index contributed by atoms with van der Waals surface area (Å²) in [5, 5.41) is 10.1. The van der Waals surface area contributed by atoms with Crippen molar-refractivity contribution in [1.29, 1.82) is 0 Å². The van der Waals surface area contributed by atoms with Gasteiger partial charge < -0.3 is 9.84 Å². The molecule has 0 aliphatic carbocycles. The fourth-order valence-corrected chi connectivity index (χ4v) is 2.26. The molecule has 22 heavy (non-hydrogen) atoms. The molecular weight excluding hydrogens is 276 g/mol. The van der Waals surface area contributed by atoms with E-state index < -0.39 is 6.10 Å². The number of hydrogen-bond donors (Lipinski definition) is 1. The van der Waals surface area contributed by atoms with E-state index in [1.807, 2.05) is 54.6 Å². The number of carbonyl (C=O) groups is 1. The highest BCUT2D eigenvalue weighted by Crippen LogP contribution is 2.13. The largest absolute Gasteiger partial charge is 0.465 e. The number of methoxy groups -OCH3 is 1. The Morgan fingerprint density at radius 1 is 1.14 bits per heavy atom. The highest BCUT2D eigenvalue weighted by molar-refractivity contribution is 5.93. The van der Waals surface area contributed by atoms with Gasteiger partial charge >= 0.3 is 5.97 Å². The van der Waals surface area contributed by atoms with E-state index in [0.29, 0.717) is 18.4 Å². The fourth-order valence-electron chi connectivity index (χ4n) is 2.26. The van der Waals surface area contributed by atoms with E-state index in [1.54, 1.807) is 12.1 Å². The first kappa shape index (κ1) is 16.0. The molecular formula is C19H20O3. The van der Waals surface area contributed by atoms with Crippen LogP contribution in [0.4, 0.5) is 0 Å². The monoisotopic (exact) mass is 296 g/mol. The molecule has 0 aliphatic rings.